The molecule has 1 N–H and O–H groups in total. The number of aromatic nitrogens is 2. The summed E-state index contributed by atoms with van der Waals surface area (Å²) in [6, 6.07) is 0.189. The minimum Gasteiger partial charge on any atom is -0.360 e. The normalized spacial score (nSPS) is 10.6. The van der Waals surface area contributed by atoms with E-state index < -0.39 is 0 Å². The van der Waals surface area contributed by atoms with Gasteiger partial charge in [-0.05, 0) is 27.2 Å². The Balaban J connectivity index is 2.78. The first-order valence-electron chi connectivity index (χ1n) is 5.98. The molecule has 0 aromatic carbocycles. The fraction of sp³-hybridized carbons (Fsp3) is 0.727. The molecule has 96 valence electrons. The van der Waals surface area contributed by atoms with Gasteiger partial charge in [-0.2, -0.15) is 0 Å². The van der Waals surface area contributed by atoms with Crippen molar-refractivity contribution in [2.45, 2.75) is 40.2 Å². The van der Waals surface area contributed by atoms with Gasteiger partial charge in [-0.25, -0.2) is 0 Å². The second kappa shape index (κ2) is 6.54. The van der Waals surface area contributed by atoms with E-state index in [1.165, 1.54) is 11.3 Å². The molecule has 1 aromatic rings. The lowest BCUT2D eigenvalue weighted by Crippen LogP contribution is -2.37. The van der Waals surface area contributed by atoms with Gasteiger partial charge < -0.3 is 10.2 Å². The van der Waals surface area contributed by atoms with Crippen LogP contribution in [0, 0.1) is 0 Å². The van der Waals surface area contributed by atoms with Crippen molar-refractivity contribution in [2.75, 3.05) is 18.4 Å². The smallest absolute Gasteiger partial charge is 0.285 e. The van der Waals surface area contributed by atoms with Crippen LogP contribution in [0.3, 0.4) is 0 Å². The van der Waals surface area contributed by atoms with Crippen molar-refractivity contribution in [3.63, 3.8) is 0 Å². The zero-order chi connectivity index (χ0) is 12.8. The van der Waals surface area contributed by atoms with Crippen LogP contribution in [0.15, 0.2) is 0 Å². The number of amides is 1. The van der Waals surface area contributed by atoms with Crippen LogP contribution in [0.1, 0.15) is 43.9 Å². The molecule has 0 unspecified atom stereocenters. The van der Waals surface area contributed by atoms with Gasteiger partial charge in [0.25, 0.3) is 5.91 Å². The second-order valence-electron chi connectivity index (χ2n) is 4.03. The predicted molar refractivity (Wildman–Crippen MR) is 70.5 cm³/mol. The number of nitrogens with one attached hydrogen (secondary N) is 1. The van der Waals surface area contributed by atoms with Crippen LogP contribution in [-0.2, 0) is 0 Å². The largest absolute Gasteiger partial charge is 0.360 e. The van der Waals surface area contributed by atoms with Crippen LogP contribution in [-0.4, -0.2) is 40.1 Å². The highest BCUT2D eigenvalue weighted by molar-refractivity contribution is 7.17. The highest BCUT2D eigenvalue weighted by Crippen LogP contribution is 2.17. The number of carbonyl (C=O) groups is 1. The SMILES string of the molecule is CCCN(C(=O)c1nnc(NCC)s1)C(C)C. The van der Waals surface area contributed by atoms with E-state index in [-0.39, 0.29) is 11.9 Å². The maximum absolute atomic E-state index is 12.2. The Morgan fingerprint density at radius 3 is 2.65 bits per heavy atom. The van der Waals surface area contributed by atoms with Gasteiger partial charge in [-0.1, -0.05) is 18.3 Å². The summed E-state index contributed by atoms with van der Waals surface area (Å²) in [7, 11) is 0. The average Bonchev–Trinajstić information content (AvgIpc) is 2.73. The van der Waals surface area contributed by atoms with Crippen molar-refractivity contribution < 1.29 is 4.79 Å². The molecule has 0 aliphatic heterocycles. The molecule has 0 saturated carbocycles. The van der Waals surface area contributed by atoms with Crippen molar-refractivity contribution in [1.29, 1.82) is 0 Å². The van der Waals surface area contributed by atoms with Gasteiger partial charge in [0, 0.05) is 19.1 Å². The predicted octanol–water partition coefficient (Wildman–Crippen LogP) is 2.23. The lowest BCUT2D eigenvalue weighted by Gasteiger charge is -2.24. The Kier molecular flexibility index (Phi) is 5.34. The van der Waals surface area contributed by atoms with Crippen LogP contribution in [0.4, 0.5) is 5.13 Å². The highest BCUT2D eigenvalue weighted by Gasteiger charge is 2.21. The fourth-order valence-electron chi connectivity index (χ4n) is 1.49. The first-order chi connectivity index (χ1) is 8.10. The van der Waals surface area contributed by atoms with Crippen molar-refractivity contribution >= 4 is 22.4 Å². The van der Waals surface area contributed by atoms with E-state index in [2.05, 4.69) is 22.4 Å². The molecule has 1 amide bonds. The number of anilines is 1. The first-order valence-corrected chi connectivity index (χ1v) is 6.80. The van der Waals surface area contributed by atoms with Gasteiger partial charge >= 0.3 is 0 Å². The molecule has 0 radical (unpaired) electrons. The summed E-state index contributed by atoms with van der Waals surface area (Å²) < 4.78 is 0. The van der Waals surface area contributed by atoms with Crippen molar-refractivity contribution in [3.8, 4) is 0 Å². The van der Waals surface area contributed by atoms with Crippen LogP contribution < -0.4 is 5.32 Å². The van der Waals surface area contributed by atoms with Gasteiger partial charge in [0.05, 0.1) is 0 Å². The third-order valence-corrected chi connectivity index (χ3v) is 3.15. The Morgan fingerprint density at radius 1 is 1.41 bits per heavy atom. The van der Waals surface area contributed by atoms with E-state index >= 15 is 0 Å². The maximum atomic E-state index is 12.2. The lowest BCUT2D eigenvalue weighted by atomic mass is 10.3. The molecule has 1 heterocycles. The van der Waals surface area contributed by atoms with Gasteiger partial charge in [0.1, 0.15) is 0 Å². The summed E-state index contributed by atoms with van der Waals surface area (Å²) in [4.78, 5) is 14.0. The first kappa shape index (κ1) is 13.9. The second-order valence-corrected chi connectivity index (χ2v) is 5.01. The molecule has 0 atom stereocenters. The maximum Gasteiger partial charge on any atom is 0.285 e. The van der Waals surface area contributed by atoms with Gasteiger partial charge in [-0.15, -0.1) is 10.2 Å². The summed E-state index contributed by atoms with van der Waals surface area (Å²) in [5, 5.41) is 12.1. The average molecular weight is 256 g/mol. The third kappa shape index (κ3) is 3.66. The molecular weight excluding hydrogens is 236 g/mol. The molecule has 1 aromatic heterocycles. The zero-order valence-corrected chi connectivity index (χ0v) is 11.7. The lowest BCUT2D eigenvalue weighted by molar-refractivity contribution is 0.0704. The van der Waals surface area contributed by atoms with E-state index in [1.807, 2.05) is 25.7 Å². The standard InChI is InChI=1S/C11H20N4OS/c1-5-7-15(8(3)4)10(16)9-13-14-11(17-9)12-6-2/h8H,5-7H2,1-4H3,(H,12,14). The number of hydrogen-bond donors (Lipinski definition) is 1. The van der Waals surface area contributed by atoms with Crippen LogP contribution in [0.25, 0.3) is 0 Å². The van der Waals surface area contributed by atoms with E-state index in [9.17, 15) is 4.79 Å². The van der Waals surface area contributed by atoms with Crippen molar-refractivity contribution in [2.24, 2.45) is 0 Å². The van der Waals surface area contributed by atoms with E-state index in [0.717, 1.165) is 19.5 Å². The van der Waals surface area contributed by atoms with Gasteiger partial charge in [0.2, 0.25) is 10.1 Å². The van der Waals surface area contributed by atoms with Crippen LogP contribution >= 0.6 is 11.3 Å². The van der Waals surface area contributed by atoms with Gasteiger partial charge in [-0.3, -0.25) is 4.79 Å². The van der Waals surface area contributed by atoms with E-state index in [1.54, 1.807) is 0 Å². The molecule has 1 rings (SSSR count). The Labute approximate surface area is 106 Å². The Hall–Kier alpha value is -1.17. The molecule has 0 aliphatic rings. The zero-order valence-electron chi connectivity index (χ0n) is 10.9. The van der Waals surface area contributed by atoms with Crippen LogP contribution in [0.5, 0.6) is 0 Å². The van der Waals surface area contributed by atoms with E-state index in [0.29, 0.717) is 10.1 Å². The minimum absolute atomic E-state index is 0.0245. The molecule has 5 nitrogen and oxygen atoms in total. The summed E-state index contributed by atoms with van der Waals surface area (Å²) in [6.07, 6.45) is 0.947. The van der Waals surface area contributed by atoms with Gasteiger partial charge in [0.15, 0.2) is 0 Å². The topological polar surface area (TPSA) is 58.1 Å². The number of nitrogens with zero attached hydrogens (tertiary/aromatic N) is 3. The molecule has 6 heteroatoms. The molecule has 0 fully saturated rings. The summed E-state index contributed by atoms with van der Waals surface area (Å²) in [6.45, 7) is 9.62. The fourth-order valence-corrected chi connectivity index (χ4v) is 2.26. The molecule has 0 saturated heterocycles. The highest BCUT2D eigenvalue weighted by atomic mass is 32.1. The summed E-state index contributed by atoms with van der Waals surface area (Å²) in [5.41, 5.74) is 0. The van der Waals surface area contributed by atoms with E-state index in [4.69, 9.17) is 0 Å². The number of carbonyl (C=O) groups excluding carboxylic acids is 1. The molecule has 0 aliphatic carbocycles. The summed E-state index contributed by atoms with van der Waals surface area (Å²) >= 11 is 1.31. The number of hydrogen-bond acceptors (Lipinski definition) is 5. The monoisotopic (exact) mass is 256 g/mol. The summed E-state index contributed by atoms with van der Waals surface area (Å²) in [5.74, 6) is -0.0245. The molecule has 0 bridgehead atoms. The Bertz CT molecular complexity index is 364. The van der Waals surface area contributed by atoms with Crippen molar-refractivity contribution in [1.82, 2.24) is 15.1 Å². The number of rotatable bonds is 6. The molecular formula is C11H20N4OS. The van der Waals surface area contributed by atoms with Crippen molar-refractivity contribution in [3.05, 3.63) is 5.01 Å². The minimum atomic E-state index is -0.0245. The third-order valence-electron chi connectivity index (χ3n) is 2.28. The quantitative estimate of drug-likeness (QED) is 0.848. The van der Waals surface area contributed by atoms with Crippen LogP contribution in [0.2, 0.25) is 0 Å². The molecule has 0 spiro atoms. The Morgan fingerprint density at radius 2 is 2.12 bits per heavy atom. The molecule has 17 heavy (non-hydrogen) atoms.